The summed E-state index contributed by atoms with van der Waals surface area (Å²) in [5, 5.41) is 18.0. The molecule has 0 amide bonds. The third-order valence-electron chi connectivity index (χ3n) is 7.01. The van der Waals surface area contributed by atoms with Crippen molar-refractivity contribution in [3.05, 3.63) is 106 Å². The number of hydrogen-bond donors (Lipinski definition) is 2. The molecule has 0 aliphatic carbocycles. The number of nitrogens with zero attached hydrogens (tertiary/aromatic N) is 2. The lowest BCUT2D eigenvalue weighted by molar-refractivity contribution is 0.533. The lowest BCUT2D eigenvalue weighted by Gasteiger charge is -2.21. The molecule has 4 aromatic rings. The van der Waals surface area contributed by atoms with Crippen molar-refractivity contribution in [2.45, 2.75) is 32.4 Å². The van der Waals surface area contributed by atoms with E-state index < -0.39 is 6.01 Å². The van der Waals surface area contributed by atoms with Crippen LogP contribution in [-0.2, 0) is 12.8 Å². The predicted octanol–water partition coefficient (Wildman–Crippen LogP) is 11.5. The van der Waals surface area contributed by atoms with E-state index in [2.05, 4.69) is 12.1 Å². The van der Waals surface area contributed by atoms with E-state index in [0.717, 1.165) is 53.8 Å². The normalized spacial score (nSPS) is 10.6. The first kappa shape index (κ1) is 39.1. The fraction of sp³-hybridized carbons (Fsp3) is 0.257. The van der Waals surface area contributed by atoms with Crippen LogP contribution in [0.3, 0.4) is 0 Å². The minimum absolute atomic E-state index is 0.354. The highest BCUT2D eigenvalue weighted by atomic mass is 35.5. The smallest absolute Gasteiger partial charge is 0.139 e. The van der Waals surface area contributed by atoms with Crippen molar-refractivity contribution in [1.82, 2.24) is 0 Å². The Hall–Kier alpha value is -2.34. The van der Waals surface area contributed by atoms with Crippen molar-refractivity contribution in [2.75, 3.05) is 54.8 Å². The Morgan fingerprint density at radius 1 is 0.638 bits per heavy atom. The minimum atomic E-state index is -0.472. The zero-order valence-corrected chi connectivity index (χ0v) is 31.4. The van der Waals surface area contributed by atoms with Gasteiger partial charge in [-0.15, -0.1) is 35.3 Å². The van der Waals surface area contributed by atoms with Gasteiger partial charge in [-0.2, -0.15) is 0 Å². The molecule has 4 aromatic carbocycles. The van der Waals surface area contributed by atoms with E-state index in [1.54, 1.807) is 35.7 Å². The zero-order valence-electron chi connectivity index (χ0n) is 26.7. The maximum Gasteiger partial charge on any atom is 0.139 e. The van der Waals surface area contributed by atoms with Crippen LogP contribution in [0.1, 0.15) is 11.1 Å². The molecule has 12 heteroatoms. The summed E-state index contributed by atoms with van der Waals surface area (Å²) in [6.07, 6.45) is 4.89. The van der Waals surface area contributed by atoms with Crippen molar-refractivity contribution in [2.24, 2.45) is 0 Å². The van der Waals surface area contributed by atoms with Crippen LogP contribution < -0.4 is 9.80 Å². The van der Waals surface area contributed by atoms with E-state index in [1.807, 2.05) is 97.1 Å². The summed E-state index contributed by atoms with van der Waals surface area (Å²) in [7, 11) is 3.76. The summed E-state index contributed by atoms with van der Waals surface area (Å²) in [4.78, 5) is 7.82. The van der Waals surface area contributed by atoms with Gasteiger partial charge in [0.05, 0.1) is 6.67 Å². The second kappa shape index (κ2) is 20.2. The second-order valence-corrected chi connectivity index (χ2v) is 14.8. The summed E-state index contributed by atoms with van der Waals surface area (Å²) in [6.45, 7) is -0.354. The Bertz CT molecular complexity index is 1640. The Kier molecular flexibility index (Phi) is 16.8. The topological polar surface area (TPSA) is 54.2 Å². The number of amidine groups is 2. The molecule has 4 nitrogen and oxygen atoms in total. The van der Waals surface area contributed by atoms with E-state index in [0.29, 0.717) is 40.3 Å². The van der Waals surface area contributed by atoms with Gasteiger partial charge in [0, 0.05) is 73.7 Å². The molecule has 47 heavy (non-hydrogen) atoms. The number of hydrogen-bond acceptors (Lipinski definition) is 6. The van der Waals surface area contributed by atoms with Gasteiger partial charge in [-0.05, 0) is 96.4 Å². The summed E-state index contributed by atoms with van der Waals surface area (Å²) in [6, 6.07) is 26.7. The lowest BCUT2D eigenvalue weighted by Crippen LogP contribution is -2.27. The molecule has 0 heterocycles. The molecular weight excluding hydrogens is 712 g/mol. The van der Waals surface area contributed by atoms with Gasteiger partial charge >= 0.3 is 0 Å². The third-order valence-corrected chi connectivity index (χ3v) is 10.8. The molecule has 0 atom stereocenters. The number of alkyl halides is 2. The van der Waals surface area contributed by atoms with E-state index in [-0.39, 0.29) is 6.67 Å². The fourth-order valence-electron chi connectivity index (χ4n) is 4.32. The SMILES string of the molecule is CSc1cccc(N(C)C(=N)Cc2cc(SCC[18F])ccc2Cl)c1.CSc1cccc(N(C)C(=N)Cc2cc(SC[18F])ccc2Cl)c1. The molecule has 2 N–H and O–H groups in total. The number of thioether (sulfide) groups is 4. The molecule has 0 aliphatic rings. The van der Waals surface area contributed by atoms with E-state index in [4.69, 9.17) is 34.0 Å². The lowest BCUT2D eigenvalue weighted by atomic mass is 10.1. The minimum Gasteiger partial charge on any atom is -0.333 e. The molecule has 0 aliphatic heterocycles. The van der Waals surface area contributed by atoms with Crippen molar-refractivity contribution in [3.8, 4) is 0 Å². The van der Waals surface area contributed by atoms with Crippen LogP contribution in [0.25, 0.3) is 0 Å². The number of nitrogens with one attached hydrogen (secondary N) is 2. The van der Waals surface area contributed by atoms with Gasteiger partial charge in [0.1, 0.15) is 17.7 Å². The van der Waals surface area contributed by atoms with Crippen LogP contribution >= 0.6 is 70.2 Å². The van der Waals surface area contributed by atoms with Crippen LogP contribution in [0, 0.1) is 10.8 Å². The molecule has 4 rings (SSSR count). The molecule has 0 saturated carbocycles. The van der Waals surface area contributed by atoms with Crippen LogP contribution in [-0.4, -0.2) is 56.7 Å². The van der Waals surface area contributed by atoms with Crippen LogP contribution in [0.15, 0.2) is 105 Å². The van der Waals surface area contributed by atoms with Gasteiger partial charge < -0.3 is 9.80 Å². The van der Waals surface area contributed by atoms with Crippen LogP contribution in [0.2, 0.25) is 10.0 Å². The van der Waals surface area contributed by atoms with Crippen molar-refractivity contribution >= 4 is 93.3 Å². The summed E-state index contributed by atoms with van der Waals surface area (Å²) in [5.41, 5.74) is 3.67. The second-order valence-electron chi connectivity index (χ2n) is 10.1. The van der Waals surface area contributed by atoms with Gasteiger partial charge in [0.2, 0.25) is 0 Å². The summed E-state index contributed by atoms with van der Waals surface area (Å²) in [5.74, 6) is 1.33. The van der Waals surface area contributed by atoms with Gasteiger partial charge in [-0.3, -0.25) is 15.2 Å². The van der Waals surface area contributed by atoms with Crippen molar-refractivity contribution in [1.29, 1.82) is 10.8 Å². The fourth-order valence-corrected chi connectivity index (χ4v) is 6.81. The van der Waals surface area contributed by atoms with Gasteiger partial charge in [-0.1, -0.05) is 47.1 Å². The molecule has 0 saturated heterocycles. The Morgan fingerprint density at radius 3 is 1.49 bits per heavy atom. The number of benzene rings is 4. The average molecular weight is 750 g/mol. The highest BCUT2D eigenvalue weighted by Gasteiger charge is 2.13. The van der Waals surface area contributed by atoms with E-state index >= 15 is 0 Å². The number of halogens is 4. The van der Waals surface area contributed by atoms with Crippen molar-refractivity contribution < 1.29 is 8.78 Å². The molecule has 250 valence electrons. The predicted molar refractivity (Wildman–Crippen MR) is 208 cm³/mol. The Labute approximate surface area is 304 Å². The molecular formula is C35H38Cl2F2N4S4. The first-order valence-electron chi connectivity index (χ1n) is 14.4. The molecule has 0 unspecified atom stereocenters. The number of rotatable bonds is 13. The maximum atomic E-state index is 12.5. The van der Waals surface area contributed by atoms with Crippen LogP contribution in [0.4, 0.5) is 20.2 Å². The standard InChI is InChI=1S/C18H20ClFN2S2.C17H18ClFN2S2/c1-22(14-4-3-5-15(12-14)23-2)18(21)11-13-10-16(24-9-8-20)6-7-17(13)19;1-21(13-4-3-5-14(10-13)22-2)17(20)9-12-8-15(23-11-19)6-7-16(12)18/h3-7,10,12,21H,8-9,11H2,1-2H3;3-8,10,20H,9,11H2,1-2H3/i20-1;19-1. The largest absolute Gasteiger partial charge is 0.333 e. The van der Waals surface area contributed by atoms with Gasteiger partial charge in [0.15, 0.2) is 0 Å². The third kappa shape index (κ3) is 12.2. The maximum absolute atomic E-state index is 12.5. The molecule has 0 fully saturated rings. The zero-order chi connectivity index (χ0) is 34.3. The van der Waals surface area contributed by atoms with E-state index in [9.17, 15) is 8.78 Å². The van der Waals surface area contributed by atoms with E-state index in [1.165, 1.54) is 11.8 Å². The average Bonchev–Trinajstić information content (AvgIpc) is 3.09. The quantitative estimate of drug-likeness (QED) is 0.0806. The molecule has 0 radical (unpaired) electrons. The molecule has 0 bridgehead atoms. The van der Waals surface area contributed by atoms with Gasteiger partial charge in [0.25, 0.3) is 0 Å². The highest BCUT2D eigenvalue weighted by molar-refractivity contribution is 7.99. The first-order valence-corrected chi connectivity index (χ1v) is 19.6. The van der Waals surface area contributed by atoms with Gasteiger partial charge in [-0.25, -0.2) is 4.39 Å². The molecule has 0 aromatic heterocycles. The number of likely N-dealkylation sites (N-methyl/N-ethyl adjacent to an activating group) is 2. The summed E-state index contributed by atoms with van der Waals surface area (Å²) >= 11 is 18.4. The Balaban J connectivity index is 0.000000256. The monoisotopic (exact) mass is 748 g/mol. The molecule has 0 spiro atoms. The first-order chi connectivity index (χ1) is 22.6. The van der Waals surface area contributed by atoms with Crippen molar-refractivity contribution in [3.63, 3.8) is 0 Å². The van der Waals surface area contributed by atoms with Crippen LogP contribution in [0.5, 0.6) is 0 Å². The Morgan fingerprint density at radius 2 is 1.09 bits per heavy atom. The highest BCUT2D eigenvalue weighted by Crippen LogP contribution is 2.28. The summed E-state index contributed by atoms with van der Waals surface area (Å²) < 4.78 is 24.8. The number of anilines is 2.